The van der Waals surface area contributed by atoms with Crippen molar-refractivity contribution in [1.82, 2.24) is 9.91 Å². The first-order valence-electron chi connectivity index (χ1n) is 10.3. The quantitative estimate of drug-likeness (QED) is 0.568. The zero-order chi connectivity index (χ0) is 22.9. The fourth-order valence-electron chi connectivity index (χ4n) is 3.15. The standard InChI is InChI=1S/C23H28N4O4S/c1-26(2)12-7-13-31-22(28)24-18-9-6-8-17(14-18)15-27-23(29)32-16-20(25-27)19-10-4-5-11-21(19)30-3/h4-6,8-11,14H,7,12-13,15-16H2,1-3H3,(H,24,28). The number of ether oxygens (including phenoxy) is 2. The SMILES string of the molecule is COc1ccccc1C1=NN(Cc2cccc(NC(=O)OCCCN(C)C)c2)C(=O)SC1. The molecule has 0 spiro atoms. The minimum Gasteiger partial charge on any atom is -0.496 e. The Morgan fingerprint density at radius 2 is 2.03 bits per heavy atom. The molecule has 0 aromatic heterocycles. The molecule has 9 heteroatoms. The zero-order valence-corrected chi connectivity index (χ0v) is 19.4. The van der Waals surface area contributed by atoms with Crippen molar-refractivity contribution in [3.05, 3.63) is 59.7 Å². The lowest BCUT2D eigenvalue weighted by Gasteiger charge is -2.24. The van der Waals surface area contributed by atoms with E-state index in [0.717, 1.165) is 35.6 Å². The van der Waals surface area contributed by atoms with E-state index < -0.39 is 6.09 Å². The van der Waals surface area contributed by atoms with E-state index in [1.165, 1.54) is 16.8 Å². The summed E-state index contributed by atoms with van der Waals surface area (Å²) in [4.78, 5) is 26.5. The number of thioether (sulfide) groups is 1. The van der Waals surface area contributed by atoms with Crippen molar-refractivity contribution < 1.29 is 19.1 Å². The van der Waals surface area contributed by atoms with Crippen LogP contribution in [-0.2, 0) is 11.3 Å². The topological polar surface area (TPSA) is 83.5 Å². The Bertz CT molecular complexity index is 980. The highest BCUT2D eigenvalue weighted by Crippen LogP contribution is 2.26. The summed E-state index contributed by atoms with van der Waals surface area (Å²) >= 11 is 1.20. The first kappa shape index (κ1) is 23.6. The molecular formula is C23H28N4O4S. The third-order valence-electron chi connectivity index (χ3n) is 4.69. The van der Waals surface area contributed by atoms with Crippen molar-refractivity contribution in [3.8, 4) is 5.75 Å². The number of rotatable bonds is 9. The van der Waals surface area contributed by atoms with E-state index in [-0.39, 0.29) is 11.8 Å². The molecule has 0 radical (unpaired) electrons. The number of anilines is 1. The summed E-state index contributed by atoms with van der Waals surface area (Å²) in [7, 11) is 5.56. The van der Waals surface area contributed by atoms with Crippen molar-refractivity contribution in [1.29, 1.82) is 0 Å². The third-order valence-corrected chi connectivity index (χ3v) is 5.57. The summed E-state index contributed by atoms with van der Waals surface area (Å²) in [5, 5.41) is 8.62. The Kier molecular flexibility index (Phi) is 8.52. The maximum Gasteiger partial charge on any atom is 0.411 e. The number of nitrogens with one attached hydrogen (secondary N) is 1. The van der Waals surface area contributed by atoms with Gasteiger partial charge < -0.3 is 14.4 Å². The van der Waals surface area contributed by atoms with Crippen LogP contribution in [0, 0.1) is 0 Å². The summed E-state index contributed by atoms with van der Waals surface area (Å²) in [6.07, 6.45) is 0.267. The fourth-order valence-corrected chi connectivity index (χ4v) is 3.88. The van der Waals surface area contributed by atoms with Gasteiger partial charge in [-0.15, -0.1) is 0 Å². The second-order valence-electron chi connectivity index (χ2n) is 7.48. The lowest BCUT2D eigenvalue weighted by Crippen LogP contribution is -2.29. The van der Waals surface area contributed by atoms with Gasteiger partial charge in [-0.25, -0.2) is 9.80 Å². The molecule has 170 valence electrons. The van der Waals surface area contributed by atoms with Crippen LogP contribution in [0.5, 0.6) is 5.75 Å². The van der Waals surface area contributed by atoms with E-state index in [2.05, 4.69) is 10.4 Å². The first-order chi connectivity index (χ1) is 15.5. The van der Waals surface area contributed by atoms with E-state index in [4.69, 9.17) is 9.47 Å². The van der Waals surface area contributed by atoms with Crippen molar-refractivity contribution in [2.75, 3.05) is 45.4 Å². The maximum absolute atomic E-state index is 12.4. The number of methoxy groups -OCH3 is 1. The van der Waals surface area contributed by atoms with E-state index >= 15 is 0 Å². The second-order valence-corrected chi connectivity index (χ2v) is 8.40. The van der Waals surface area contributed by atoms with Crippen LogP contribution in [0.4, 0.5) is 15.3 Å². The van der Waals surface area contributed by atoms with E-state index in [0.29, 0.717) is 18.0 Å². The number of hydrogen-bond acceptors (Lipinski definition) is 7. The Morgan fingerprint density at radius 1 is 1.22 bits per heavy atom. The van der Waals surface area contributed by atoms with Gasteiger partial charge in [0, 0.05) is 23.5 Å². The summed E-state index contributed by atoms with van der Waals surface area (Å²) in [5.41, 5.74) is 3.09. The van der Waals surface area contributed by atoms with Gasteiger partial charge in [-0.05, 0) is 50.3 Å². The first-order valence-corrected chi connectivity index (χ1v) is 11.3. The average Bonchev–Trinajstić information content (AvgIpc) is 2.78. The van der Waals surface area contributed by atoms with Gasteiger partial charge in [-0.3, -0.25) is 10.1 Å². The van der Waals surface area contributed by atoms with Gasteiger partial charge >= 0.3 is 11.3 Å². The molecule has 2 aromatic rings. The number of amides is 2. The summed E-state index contributed by atoms with van der Waals surface area (Å²) in [5.74, 6) is 1.20. The smallest absolute Gasteiger partial charge is 0.411 e. The maximum atomic E-state index is 12.4. The van der Waals surface area contributed by atoms with Crippen molar-refractivity contribution in [2.24, 2.45) is 5.10 Å². The van der Waals surface area contributed by atoms with Crippen LogP contribution in [0.15, 0.2) is 53.6 Å². The van der Waals surface area contributed by atoms with Crippen LogP contribution in [0.3, 0.4) is 0 Å². The van der Waals surface area contributed by atoms with Crippen LogP contribution in [0.2, 0.25) is 0 Å². The Morgan fingerprint density at radius 3 is 2.81 bits per heavy atom. The molecule has 8 nitrogen and oxygen atoms in total. The van der Waals surface area contributed by atoms with Crippen LogP contribution in [0.25, 0.3) is 0 Å². The molecule has 3 rings (SSSR count). The minimum atomic E-state index is -0.498. The number of nitrogens with zero attached hydrogens (tertiary/aromatic N) is 3. The molecule has 0 unspecified atom stereocenters. The monoisotopic (exact) mass is 456 g/mol. The van der Waals surface area contributed by atoms with Crippen molar-refractivity contribution >= 4 is 34.5 Å². The van der Waals surface area contributed by atoms with Crippen LogP contribution in [-0.4, -0.2) is 67.1 Å². The Balaban J connectivity index is 1.65. The molecule has 1 N–H and O–H groups in total. The van der Waals surface area contributed by atoms with Gasteiger partial charge in [0.1, 0.15) is 5.75 Å². The summed E-state index contributed by atoms with van der Waals surface area (Å²) < 4.78 is 10.6. The molecule has 2 amide bonds. The number of benzene rings is 2. The molecule has 0 saturated heterocycles. The molecule has 32 heavy (non-hydrogen) atoms. The highest BCUT2D eigenvalue weighted by atomic mass is 32.2. The van der Waals surface area contributed by atoms with Crippen LogP contribution >= 0.6 is 11.8 Å². The molecule has 0 atom stereocenters. The van der Waals surface area contributed by atoms with Gasteiger partial charge in [-0.1, -0.05) is 36.0 Å². The van der Waals surface area contributed by atoms with Crippen LogP contribution in [0.1, 0.15) is 17.5 Å². The number of carbonyl (C=O) groups is 2. The summed E-state index contributed by atoms with van der Waals surface area (Å²) in [6, 6.07) is 14.9. The van der Waals surface area contributed by atoms with Crippen molar-refractivity contribution in [2.45, 2.75) is 13.0 Å². The van der Waals surface area contributed by atoms with Gasteiger partial charge in [0.25, 0.3) is 0 Å². The highest BCUT2D eigenvalue weighted by molar-refractivity contribution is 8.14. The highest BCUT2D eigenvalue weighted by Gasteiger charge is 2.24. The minimum absolute atomic E-state index is 0.123. The largest absolute Gasteiger partial charge is 0.496 e. The molecular weight excluding hydrogens is 428 g/mol. The molecule has 0 saturated carbocycles. The van der Waals surface area contributed by atoms with E-state index in [1.807, 2.05) is 61.5 Å². The average molecular weight is 457 g/mol. The predicted octanol–water partition coefficient (Wildman–Crippen LogP) is 4.27. The molecule has 0 fully saturated rings. The summed E-state index contributed by atoms with van der Waals surface area (Å²) in [6.45, 7) is 1.49. The lowest BCUT2D eigenvalue weighted by molar-refractivity contribution is 0.156. The number of hydrazone groups is 1. The molecule has 2 aromatic carbocycles. The normalized spacial score (nSPS) is 13.7. The second kappa shape index (κ2) is 11.5. The number of para-hydroxylation sites is 1. The number of hydrogen-bond donors (Lipinski definition) is 1. The predicted molar refractivity (Wildman–Crippen MR) is 128 cm³/mol. The van der Waals surface area contributed by atoms with Crippen LogP contribution < -0.4 is 10.1 Å². The fraction of sp³-hybridized carbons (Fsp3) is 0.348. The lowest BCUT2D eigenvalue weighted by atomic mass is 10.1. The van der Waals surface area contributed by atoms with Crippen molar-refractivity contribution in [3.63, 3.8) is 0 Å². The molecule has 1 aliphatic rings. The Hall–Kier alpha value is -3.04. The van der Waals surface area contributed by atoms with E-state index in [9.17, 15) is 9.59 Å². The third kappa shape index (κ3) is 6.73. The Labute approximate surface area is 192 Å². The zero-order valence-electron chi connectivity index (χ0n) is 18.5. The molecule has 0 bridgehead atoms. The molecule has 1 aliphatic heterocycles. The molecule has 1 heterocycles. The molecule has 0 aliphatic carbocycles. The van der Waals surface area contributed by atoms with Gasteiger partial charge in [0.05, 0.1) is 26.0 Å². The van der Waals surface area contributed by atoms with Gasteiger partial charge in [0.15, 0.2) is 0 Å². The van der Waals surface area contributed by atoms with E-state index in [1.54, 1.807) is 13.2 Å². The van der Waals surface area contributed by atoms with Gasteiger partial charge in [0.2, 0.25) is 0 Å². The van der Waals surface area contributed by atoms with Gasteiger partial charge in [-0.2, -0.15) is 5.10 Å². The number of carbonyl (C=O) groups excluding carboxylic acids is 2.